The summed E-state index contributed by atoms with van der Waals surface area (Å²) in [5, 5.41) is 0. The second-order valence-electron chi connectivity index (χ2n) is 6.42. The maximum Gasteiger partial charge on any atom is 0.251 e. The third-order valence-corrected chi connectivity index (χ3v) is 4.55. The molecule has 0 aromatic heterocycles. The molecule has 1 unspecified atom stereocenters. The Morgan fingerprint density at radius 3 is 2.58 bits per heavy atom. The minimum atomic E-state index is -0.308. The number of hydrogen-bond donors (Lipinski definition) is 0. The van der Waals surface area contributed by atoms with Crippen LogP contribution in [0.3, 0.4) is 0 Å². The van der Waals surface area contributed by atoms with Gasteiger partial charge < -0.3 is 4.90 Å². The van der Waals surface area contributed by atoms with Gasteiger partial charge >= 0.3 is 0 Å². The van der Waals surface area contributed by atoms with Crippen LogP contribution in [0.15, 0.2) is 53.5 Å². The van der Waals surface area contributed by atoms with Gasteiger partial charge in [-0.05, 0) is 25.5 Å². The molecule has 1 heterocycles. The predicted octanol–water partition coefficient (Wildman–Crippen LogP) is 4.37. The van der Waals surface area contributed by atoms with Gasteiger partial charge in [0, 0.05) is 18.2 Å². The van der Waals surface area contributed by atoms with Crippen molar-refractivity contribution in [3.63, 3.8) is 0 Å². The van der Waals surface area contributed by atoms with Crippen LogP contribution in [0.4, 0.5) is 5.69 Å². The summed E-state index contributed by atoms with van der Waals surface area (Å²) in [6.45, 7) is 4.22. The molecule has 0 radical (unpaired) electrons. The molecule has 1 aliphatic rings. The fraction of sp³-hybridized carbons (Fsp3) is 0.333. The highest BCUT2D eigenvalue weighted by atomic mass is 16.2. The maximum atomic E-state index is 12.9. The summed E-state index contributed by atoms with van der Waals surface area (Å²) in [6.07, 6.45) is 2.86. The molecule has 2 aromatic carbocycles. The normalized spacial score (nSPS) is 17.3. The molecule has 2 aromatic rings. The Morgan fingerprint density at radius 2 is 1.88 bits per heavy atom. The average Bonchev–Trinajstić information content (AvgIpc) is 2.70. The summed E-state index contributed by atoms with van der Waals surface area (Å²) in [4.78, 5) is 19.6. The minimum absolute atomic E-state index is 0.0829. The highest BCUT2D eigenvalue weighted by Crippen LogP contribution is 2.29. The van der Waals surface area contributed by atoms with Crippen LogP contribution in [0.5, 0.6) is 0 Å². The van der Waals surface area contributed by atoms with Crippen molar-refractivity contribution in [3.05, 3.63) is 65.2 Å². The number of hydrogen-bond acceptors (Lipinski definition) is 2. The lowest BCUT2D eigenvalue weighted by atomic mass is 9.98. The zero-order valence-corrected chi connectivity index (χ0v) is 14.6. The van der Waals surface area contributed by atoms with Gasteiger partial charge in [-0.2, -0.15) is 0 Å². The van der Waals surface area contributed by atoms with Crippen LogP contribution in [0.25, 0.3) is 0 Å². The van der Waals surface area contributed by atoms with Crippen LogP contribution < -0.4 is 4.90 Å². The van der Waals surface area contributed by atoms with Crippen molar-refractivity contribution < 1.29 is 4.79 Å². The van der Waals surface area contributed by atoms with Gasteiger partial charge in [0.1, 0.15) is 6.04 Å². The molecular formula is C21H24N2O. The zero-order valence-electron chi connectivity index (χ0n) is 14.6. The van der Waals surface area contributed by atoms with E-state index in [2.05, 4.69) is 38.1 Å². The van der Waals surface area contributed by atoms with Gasteiger partial charge in [-0.3, -0.25) is 9.79 Å². The highest BCUT2D eigenvalue weighted by Gasteiger charge is 2.29. The molecule has 3 nitrogen and oxygen atoms in total. The average molecular weight is 320 g/mol. The van der Waals surface area contributed by atoms with Crippen LogP contribution in [-0.4, -0.2) is 24.7 Å². The fourth-order valence-corrected chi connectivity index (χ4v) is 3.17. The molecule has 124 valence electrons. The molecular weight excluding hydrogens is 296 g/mol. The highest BCUT2D eigenvalue weighted by molar-refractivity contribution is 6.20. The number of likely N-dealkylation sites (N-methyl/N-ethyl adjacent to an activating group) is 1. The zero-order chi connectivity index (χ0) is 17.1. The van der Waals surface area contributed by atoms with E-state index in [1.807, 2.05) is 31.3 Å². The lowest BCUT2D eigenvalue weighted by Gasteiger charge is -2.20. The van der Waals surface area contributed by atoms with E-state index in [9.17, 15) is 4.79 Å². The first-order chi connectivity index (χ1) is 11.6. The Labute approximate surface area is 144 Å². The number of fused-ring (bicyclic) bond motifs is 1. The second kappa shape index (κ2) is 7.00. The van der Waals surface area contributed by atoms with E-state index in [1.165, 1.54) is 5.56 Å². The predicted molar refractivity (Wildman–Crippen MR) is 100.0 cm³/mol. The van der Waals surface area contributed by atoms with Crippen LogP contribution in [0.1, 0.15) is 42.9 Å². The summed E-state index contributed by atoms with van der Waals surface area (Å²) in [6, 6.07) is 16.1. The van der Waals surface area contributed by atoms with Gasteiger partial charge in [-0.15, -0.1) is 0 Å². The van der Waals surface area contributed by atoms with Crippen molar-refractivity contribution in [1.82, 2.24) is 0 Å². The molecule has 1 atom stereocenters. The molecule has 0 bridgehead atoms. The van der Waals surface area contributed by atoms with E-state index >= 15 is 0 Å². The smallest absolute Gasteiger partial charge is 0.251 e. The Balaban J connectivity index is 2.18. The molecule has 0 saturated heterocycles. The Hall–Kier alpha value is -2.42. The van der Waals surface area contributed by atoms with Crippen molar-refractivity contribution in [3.8, 4) is 0 Å². The largest absolute Gasteiger partial charge is 0.313 e. The number of aliphatic imine (C=N–C) groups is 1. The lowest BCUT2D eigenvalue weighted by Crippen LogP contribution is -2.34. The van der Waals surface area contributed by atoms with Gasteiger partial charge in [0.05, 0.1) is 11.4 Å². The van der Waals surface area contributed by atoms with Crippen molar-refractivity contribution >= 4 is 17.3 Å². The van der Waals surface area contributed by atoms with E-state index in [-0.39, 0.29) is 11.9 Å². The Morgan fingerprint density at radius 1 is 1.12 bits per heavy atom. The lowest BCUT2D eigenvalue weighted by molar-refractivity contribution is -0.119. The van der Waals surface area contributed by atoms with Gasteiger partial charge in [-0.25, -0.2) is 0 Å². The van der Waals surface area contributed by atoms with Gasteiger partial charge in [0.15, 0.2) is 0 Å². The number of unbranched alkanes of at least 4 members (excludes halogenated alkanes) is 1. The molecule has 3 heteroatoms. The van der Waals surface area contributed by atoms with Crippen molar-refractivity contribution in [1.29, 1.82) is 0 Å². The number of nitrogens with zero attached hydrogens (tertiary/aromatic N) is 2. The van der Waals surface area contributed by atoms with Crippen LogP contribution in [0, 0.1) is 6.92 Å². The topological polar surface area (TPSA) is 32.7 Å². The molecule has 0 N–H and O–H groups in total. The van der Waals surface area contributed by atoms with E-state index in [0.717, 1.165) is 41.8 Å². The molecule has 1 amide bonds. The summed E-state index contributed by atoms with van der Waals surface area (Å²) < 4.78 is 0. The third kappa shape index (κ3) is 3.12. The number of aryl methyl sites for hydroxylation is 1. The maximum absolute atomic E-state index is 12.9. The summed E-state index contributed by atoms with van der Waals surface area (Å²) >= 11 is 0. The Kier molecular flexibility index (Phi) is 4.79. The van der Waals surface area contributed by atoms with E-state index in [1.54, 1.807) is 4.90 Å². The number of carbonyl (C=O) groups excluding carboxylic acids is 1. The fourth-order valence-electron chi connectivity index (χ4n) is 3.17. The monoisotopic (exact) mass is 320 g/mol. The first kappa shape index (κ1) is 16.4. The quantitative estimate of drug-likeness (QED) is 0.823. The molecule has 0 saturated carbocycles. The van der Waals surface area contributed by atoms with E-state index < -0.39 is 0 Å². The molecule has 3 rings (SSSR count). The molecule has 0 spiro atoms. The van der Waals surface area contributed by atoms with Crippen molar-refractivity contribution in [2.45, 2.75) is 39.2 Å². The SMILES string of the molecule is CCCCC1N=C(c2ccccc2)c2cc(C)ccc2N(C)C1=O. The number of carbonyl (C=O) groups is 1. The van der Waals surface area contributed by atoms with Gasteiger partial charge in [0.25, 0.3) is 5.91 Å². The van der Waals surface area contributed by atoms with Crippen LogP contribution >= 0.6 is 0 Å². The minimum Gasteiger partial charge on any atom is -0.313 e. The van der Waals surface area contributed by atoms with E-state index in [0.29, 0.717) is 0 Å². The molecule has 24 heavy (non-hydrogen) atoms. The summed E-state index contributed by atoms with van der Waals surface area (Å²) in [5.74, 6) is 0.0829. The number of anilines is 1. The van der Waals surface area contributed by atoms with Gasteiger partial charge in [0.2, 0.25) is 0 Å². The second-order valence-corrected chi connectivity index (χ2v) is 6.42. The van der Waals surface area contributed by atoms with Gasteiger partial charge in [-0.1, -0.05) is 61.7 Å². The standard InChI is InChI=1S/C21H24N2O/c1-4-5-11-18-21(24)23(3)19-13-12-15(2)14-17(19)20(22-18)16-9-7-6-8-10-16/h6-10,12-14,18H,4-5,11H2,1-3H3. The summed E-state index contributed by atoms with van der Waals surface area (Å²) in [7, 11) is 1.86. The van der Waals surface area contributed by atoms with E-state index in [4.69, 9.17) is 4.99 Å². The number of benzodiazepines with no additional fused rings is 1. The van der Waals surface area contributed by atoms with Crippen LogP contribution in [-0.2, 0) is 4.79 Å². The number of amides is 1. The van der Waals surface area contributed by atoms with Crippen molar-refractivity contribution in [2.24, 2.45) is 4.99 Å². The first-order valence-corrected chi connectivity index (χ1v) is 8.63. The molecule has 0 aliphatic carbocycles. The van der Waals surface area contributed by atoms with Crippen LogP contribution in [0.2, 0.25) is 0 Å². The summed E-state index contributed by atoms with van der Waals surface area (Å²) in [5.41, 5.74) is 5.13. The number of benzene rings is 2. The molecule has 0 fully saturated rings. The Bertz CT molecular complexity index is 765. The third-order valence-electron chi connectivity index (χ3n) is 4.55. The number of rotatable bonds is 4. The first-order valence-electron chi connectivity index (χ1n) is 8.63. The van der Waals surface area contributed by atoms with Crippen molar-refractivity contribution in [2.75, 3.05) is 11.9 Å². The molecule has 1 aliphatic heterocycles.